The average Bonchev–Trinajstić information content (AvgIpc) is 2.35. The van der Waals surface area contributed by atoms with Gasteiger partial charge in [-0.2, -0.15) is 13.2 Å². The lowest BCUT2D eigenvalue weighted by Gasteiger charge is -2.14. The molecule has 19 heavy (non-hydrogen) atoms. The Morgan fingerprint density at radius 2 is 1.95 bits per heavy atom. The van der Waals surface area contributed by atoms with Crippen LogP contribution in [-0.4, -0.2) is 12.3 Å². The standard InChI is InChI=1S/C14H20F3NS/c1-2-3-4-9-19-13-6-5-11(7-8-18)10-12(13)14(15,16)17/h5-6,10H,2-4,7-9,18H2,1H3. The van der Waals surface area contributed by atoms with Crippen molar-refractivity contribution < 1.29 is 13.2 Å². The van der Waals surface area contributed by atoms with E-state index in [-0.39, 0.29) is 0 Å². The number of hydrogen-bond acceptors (Lipinski definition) is 2. The molecule has 0 spiro atoms. The summed E-state index contributed by atoms with van der Waals surface area (Å²) in [6.45, 7) is 2.44. The van der Waals surface area contributed by atoms with Crippen LogP contribution in [0.4, 0.5) is 13.2 Å². The minimum Gasteiger partial charge on any atom is -0.330 e. The molecule has 0 bridgehead atoms. The van der Waals surface area contributed by atoms with Gasteiger partial charge in [0.05, 0.1) is 5.56 Å². The van der Waals surface area contributed by atoms with E-state index in [2.05, 4.69) is 6.92 Å². The Kier molecular flexibility index (Phi) is 6.72. The summed E-state index contributed by atoms with van der Waals surface area (Å²) in [5.41, 5.74) is 5.50. The fraction of sp³-hybridized carbons (Fsp3) is 0.571. The lowest BCUT2D eigenvalue weighted by Crippen LogP contribution is -2.09. The van der Waals surface area contributed by atoms with E-state index in [1.165, 1.54) is 17.8 Å². The van der Waals surface area contributed by atoms with E-state index < -0.39 is 11.7 Å². The van der Waals surface area contributed by atoms with Crippen LogP contribution in [0.15, 0.2) is 23.1 Å². The molecule has 2 N–H and O–H groups in total. The van der Waals surface area contributed by atoms with Gasteiger partial charge in [-0.3, -0.25) is 0 Å². The summed E-state index contributed by atoms with van der Waals surface area (Å²) in [4.78, 5) is 0.323. The molecule has 0 aliphatic rings. The van der Waals surface area contributed by atoms with Crippen LogP contribution < -0.4 is 5.73 Å². The van der Waals surface area contributed by atoms with Crippen molar-refractivity contribution in [3.05, 3.63) is 29.3 Å². The molecule has 0 saturated carbocycles. The second kappa shape index (κ2) is 7.80. The molecule has 0 amide bonds. The summed E-state index contributed by atoms with van der Waals surface area (Å²) in [6.07, 6.45) is -0.744. The summed E-state index contributed by atoms with van der Waals surface area (Å²) in [5, 5.41) is 0. The number of nitrogens with two attached hydrogens (primary N) is 1. The highest BCUT2D eigenvalue weighted by molar-refractivity contribution is 7.99. The Labute approximate surface area is 116 Å². The Morgan fingerprint density at radius 1 is 1.21 bits per heavy atom. The number of alkyl halides is 3. The van der Waals surface area contributed by atoms with Crippen molar-refractivity contribution in [2.24, 2.45) is 5.73 Å². The Bertz CT molecular complexity index is 391. The van der Waals surface area contributed by atoms with Crippen LogP contribution in [0.2, 0.25) is 0 Å². The quantitative estimate of drug-likeness (QED) is 0.591. The highest BCUT2D eigenvalue weighted by Crippen LogP contribution is 2.37. The Balaban J connectivity index is 2.84. The van der Waals surface area contributed by atoms with Gasteiger partial charge in [-0.05, 0) is 42.8 Å². The average molecular weight is 291 g/mol. The van der Waals surface area contributed by atoms with Crippen LogP contribution in [-0.2, 0) is 12.6 Å². The predicted molar refractivity (Wildman–Crippen MR) is 74.5 cm³/mol. The van der Waals surface area contributed by atoms with Crippen molar-refractivity contribution in [2.75, 3.05) is 12.3 Å². The predicted octanol–water partition coefficient (Wildman–Crippen LogP) is 4.49. The zero-order valence-electron chi connectivity index (χ0n) is 11.1. The molecule has 0 unspecified atom stereocenters. The first-order chi connectivity index (χ1) is 8.99. The van der Waals surface area contributed by atoms with Crippen molar-refractivity contribution >= 4 is 11.8 Å². The SMILES string of the molecule is CCCCCSc1ccc(CCN)cc1C(F)(F)F. The van der Waals surface area contributed by atoms with Crippen LogP contribution in [0.1, 0.15) is 37.3 Å². The summed E-state index contributed by atoms with van der Waals surface area (Å²) in [7, 11) is 0. The van der Waals surface area contributed by atoms with E-state index in [1.807, 2.05) is 0 Å². The largest absolute Gasteiger partial charge is 0.417 e. The summed E-state index contributed by atoms with van der Waals surface area (Å²) in [5.74, 6) is 0.729. The zero-order chi connectivity index (χ0) is 14.3. The van der Waals surface area contributed by atoms with Gasteiger partial charge in [0.2, 0.25) is 0 Å². The van der Waals surface area contributed by atoms with Gasteiger partial charge in [-0.1, -0.05) is 25.8 Å². The van der Waals surface area contributed by atoms with Crippen molar-refractivity contribution in [2.45, 2.75) is 43.7 Å². The number of rotatable bonds is 7. The van der Waals surface area contributed by atoms with Crippen molar-refractivity contribution in [3.8, 4) is 0 Å². The van der Waals surface area contributed by atoms with Crippen LogP contribution >= 0.6 is 11.8 Å². The molecule has 0 aromatic heterocycles. The van der Waals surface area contributed by atoms with E-state index in [0.717, 1.165) is 25.0 Å². The summed E-state index contributed by atoms with van der Waals surface area (Å²) in [6, 6.07) is 4.55. The fourth-order valence-corrected chi connectivity index (χ4v) is 2.84. The van der Waals surface area contributed by atoms with Crippen molar-refractivity contribution in [1.29, 1.82) is 0 Å². The zero-order valence-corrected chi connectivity index (χ0v) is 11.9. The first-order valence-corrected chi connectivity index (χ1v) is 7.50. The highest BCUT2D eigenvalue weighted by Gasteiger charge is 2.33. The maximum Gasteiger partial charge on any atom is 0.417 e. The maximum atomic E-state index is 13.0. The molecule has 1 nitrogen and oxygen atoms in total. The lowest BCUT2D eigenvalue weighted by molar-refractivity contribution is -0.139. The molecule has 0 fully saturated rings. The second-order valence-corrected chi connectivity index (χ2v) is 5.56. The first-order valence-electron chi connectivity index (χ1n) is 6.52. The van der Waals surface area contributed by atoms with E-state index in [0.29, 0.717) is 23.4 Å². The molecular weight excluding hydrogens is 271 g/mol. The van der Waals surface area contributed by atoms with Crippen LogP contribution in [0, 0.1) is 0 Å². The van der Waals surface area contributed by atoms with Crippen molar-refractivity contribution in [1.82, 2.24) is 0 Å². The number of benzene rings is 1. The normalized spacial score (nSPS) is 11.8. The molecule has 0 saturated heterocycles. The first kappa shape index (κ1) is 16.4. The molecule has 0 aliphatic heterocycles. The highest BCUT2D eigenvalue weighted by atomic mass is 32.2. The lowest BCUT2D eigenvalue weighted by atomic mass is 10.1. The van der Waals surface area contributed by atoms with Gasteiger partial charge in [0.1, 0.15) is 0 Å². The molecule has 0 atom stereocenters. The van der Waals surface area contributed by atoms with Crippen LogP contribution in [0.25, 0.3) is 0 Å². The minimum absolute atomic E-state index is 0.323. The maximum absolute atomic E-state index is 13.0. The van der Waals surface area contributed by atoms with E-state index in [1.54, 1.807) is 12.1 Å². The third kappa shape index (κ3) is 5.45. The van der Waals surface area contributed by atoms with Gasteiger partial charge in [0.25, 0.3) is 0 Å². The third-order valence-electron chi connectivity index (χ3n) is 2.79. The molecule has 0 heterocycles. The smallest absolute Gasteiger partial charge is 0.330 e. The minimum atomic E-state index is -4.29. The molecule has 0 radical (unpaired) electrons. The van der Waals surface area contributed by atoms with Crippen LogP contribution in [0.3, 0.4) is 0 Å². The molecule has 1 rings (SSSR count). The fourth-order valence-electron chi connectivity index (χ4n) is 1.78. The molecule has 1 aromatic carbocycles. The van der Waals surface area contributed by atoms with E-state index >= 15 is 0 Å². The molecule has 1 aromatic rings. The van der Waals surface area contributed by atoms with Crippen LogP contribution in [0.5, 0.6) is 0 Å². The Hall–Kier alpha value is -0.680. The number of thioether (sulfide) groups is 1. The van der Waals surface area contributed by atoms with Gasteiger partial charge in [0.15, 0.2) is 0 Å². The number of unbranched alkanes of at least 4 members (excludes halogenated alkanes) is 2. The monoisotopic (exact) mass is 291 g/mol. The van der Waals surface area contributed by atoms with Gasteiger partial charge < -0.3 is 5.73 Å². The summed E-state index contributed by atoms with van der Waals surface area (Å²) >= 11 is 1.29. The summed E-state index contributed by atoms with van der Waals surface area (Å²) < 4.78 is 39.0. The molecule has 0 aliphatic carbocycles. The number of hydrogen-bond donors (Lipinski definition) is 1. The topological polar surface area (TPSA) is 26.0 Å². The second-order valence-electron chi connectivity index (χ2n) is 4.42. The van der Waals surface area contributed by atoms with Gasteiger partial charge in [-0.15, -0.1) is 11.8 Å². The number of halogens is 3. The Morgan fingerprint density at radius 3 is 2.53 bits per heavy atom. The van der Waals surface area contributed by atoms with E-state index in [9.17, 15) is 13.2 Å². The molecule has 5 heteroatoms. The molecular formula is C14H20F3NS. The van der Waals surface area contributed by atoms with Gasteiger partial charge >= 0.3 is 6.18 Å². The van der Waals surface area contributed by atoms with Crippen molar-refractivity contribution in [3.63, 3.8) is 0 Å². The van der Waals surface area contributed by atoms with E-state index in [4.69, 9.17) is 5.73 Å². The van der Waals surface area contributed by atoms with Gasteiger partial charge in [-0.25, -0.2) is 0 Å². The van der Waals surface area contributed by atoms with Gasteiger partial charge in [0, 0.05) is 4.90 Å². The molecule has 108 valence electrons. The third-order valence-corrected chi connectivity index (χ3v) is 3.95.